The van der Waals surface area contributed by atoms with E-state index in [9.17, 15) is 0 Å². The minimum atomic E-state index is 0.482. The van der Waals surface area contributed by atoms with E-state index in [1.807, 2.05) is 6.20 Å². The highest BCUT2D eigenvalue weighted by Crippen LogP contribution is 2.21. The standard InChI is InChI=1S/C14H19N3/c1-10(2)15-8-13-9-16-17-14(13)12-6-4-11(3)5-7-12/h4-7,9-10,15H,8H2,1-3H3,(H,16,17). The van der Waals surface area contributed by atoms with Crippen molar-refractivity contribution in [2.75, 3.05) is 0 Å². The lowest BCUT2D eigenvalue weighted by Crippen LogP contribution is -2.21. The molecule has 0 saturated heterocycles. The molecule has 0 spiro atoms. The zero-order chi connectivity index (χ0) is 12.3. The lowest BCUT2D eigenvalue weighted by Gasteiger charge is -2.08. The highest BCUT2D eigenvalue weighted by molar-refractivity contribution is 5.62. The molecule has 0 aliphatic rings. The molecule has 0 amide bonds. The van der Waals surface area contributed by atoms with E-state index in [-0.39, 0.29) is 0 Å². The summed E-state index contributed by atoms with van der Waals surface area (Å²) in [5, 5.41) is 10.6. The second-order valence-corrected chi connectivity index (χ2v) is 4.67. The first-order valence-corrected chi connectivity index (χ1v) is 5.99. The Morgan fingerprint density at radius 2 is 1.94 bits per heavy atom. The Hall–Kier alpha value is -1.61. The fourth-order valence-corrected chi connectivity index (χ4v) is 1.73. The zero-order valence-electron chi connectivity index (χ0n) is 10.6. The summed E-state index contributed by atoms with van der Waals surface area (Å²) in [4.78, 5) is 0. The molecule has 17 heavy (non-hydrogen) atoms. The monoisotopic (exact) mass is 229 g/mol. The number of H-pyrrole nitrogens is 1. The van der Waals surface area contributed by atoms with Crippen molar-refractivity contribution in [1.29, 1.82) is 0 Å². The van der Waals surface area contributed by atoms with Crippen molar-refractivity contribution in [3.8, 4) is 11.3 Å². The summed E-state index contributed by atoms with van der Waals surface area (Å²) in [6.45, 7) is 7.23. The molecule has 0 unspecified atom stereocenters. The maximum absolute atomic E-state index is 4.13. The summed E-state index contributed by atoms with van der Waals surface area (Å²) in [7, 11) is 0. The summed E-state index contributed by atoms with van der Waals surface area (Å²) < 4.78 is 0. The van der Waals surface area contributed by atoms with Gasteiger partial charge in [-0.3, -0.25) is 5.10 Å². The van der Waals surface area contributed by atoms with Crippen LogP contribution >= 0.6 is 0 Å². The van der Waals surface area contributed by atoms with E-state index >= 15 is 0 Å². The summed E-state index contributed by atoms with van der Waals surface area (Å²) in [6.07, 6.45) is 1.89. The maximum Gasteiger partial charge on any atom is 0.0695 e. The quantitative estimate of drug-likeness (QED) is 0.846. The number of aromatic amines is 1. The molecular weight excluding hydrogens is 210 g/mol. The zero-order valence-corrected chi connectivity index (χ0v) is 10.6. The van der Waals surface area contributed by atoms with Gasteiger partial charge in [0.25, 0.3) is 0 Å². The van der Waals surface area contributed by atoms with Crippen molar-refractivity contribution in [3.05, 3.63) is 41.6 Å². The van der Waals surface area contributed by atoms with Crippen LogP contribution in [0.3, 0.4) is 0 Å². The second kappa shape index (κ2) is 5.15. The molecule has 0 aliphatic heterocycles. The molecule has 0 fully saturated rings. The summed E-state index contributed by atoms with van der Waals surface area (Å²) in [6, 6.07) is 8.98. The van der Waals surface area contributed by atoms with Crippen molar-refractivity contribution in [2.24, 2.45) is 0 Å². The van der Waals surface area contributed by atoms with Crippen LogP contribution < -0.4 is 5.32 Å². The highest BCUT2D eigenvalue weighted by Gasteiger charge is 2.07. The van der Waals surface area contributed by atoms with Crippen LogP contribution in [0.1, 0.15) is 25.0 Å². The molecule has 1 aromatic carbocycles. The van der Waals surface area contributed by atoms with Crippen molar-refractivity contribution < 1.29 is 0 Å². The average molecular weight is 229 g/mol. The topological polar surface area (TPSA) is 40.7 Å². The van der Waals surface area contributed by atoms with Crippen molar-refractivity contribution in [1.82, 2.24) is 15.5 Å². The molecule has 0 radical (unpaired) electrons. The first-order chi connectivity index (χ1) is 8.16. The minimum absolute atomic E-state index is 0.482. The van der Waals surface area contributed by atoms with Gasteiger partial charge >= 0.3 is 0 Å². The van der Waals surface area contributed by atoms with Gasteiger partial charge in [-0.25, -0.2) is 0 Å². The number of benzene rings is 1. The van der Waals surface area contributed by atoms with Gasteiger partial charge in [0.05, 0.1) is 11.9 Å². The van der Waals surface area contributed by atoms with Gasteiger partial charge in [-0.05, 0) is 12.5 Å². The number of hydrogen-bond donors (Lipinski definition) is 2. The molecule has 0 saturated carbocycles. The SMILES string of the molecule is Cc1ccc(-c2[nH]ncc2CNC(C)C)cc1. The molecule has 1 heterocycles. The third-order valence-electron chi connectivity index (χ3n) is 2.76. The predicted molar refractivity (Wildman–Crippen MR) is 70.7 cm³/mol. The van der Waals surface area contributed by atoms with Crippen LogP contribution in [0.15, 0.2) is 30.5 Å². The molecule has 0 aliphatic carbocycles. The summed E-state index contributed by atoms with van der Waals surface area (Å²) in [5.41, 5.74) is 4.78. The van der Waals surface area contributed by atoms with E-state index < -0.39 is 0 Å². The van der Waals surface area contributed by atoms with Crippen molar-refractivity contribution in [3.63, 3.8) is 0 Å². The van der Waals surface area contributed by atoms with Crippen LogP contribution in [0, 0.1) is 6.92 Å². The third-order valence-corrected chi connectivity index (χ3v) is 2.76. The number of nitrogens with zero attached hydrogens (tertiary/aromatic N) is 1. The Labute approximate surface area is 102 Å². The van der Waals surface area contributed by atoms with Gasteiger partial charge in [-0.15, -0.1) is 0 Å². The van der Waals surface area contributed by atoms with Crippen LogP contribution in [0.25, 0.3) is 11.3 Å². The first kappa shape index (κ1) is 11.9. The Morgan fingerprint density at radius 3 is 2.59 bits per heavy atom. The fraction of sp³-hybridized carbons (Fsp3) is 0.357. The van der Waals surface area contributed by atoms with E-state index in [0.29, 0.717) is 6.04 Å². The fourth-order valence-electron chi connectivity index (χ4n) is 1.73. The lowest BCUT2D eigenvalue weighted by molar-refractivity contribution is 0.589. The Kier molecular flexibility index (Phi) is 3.59. The summed E-state index contributed by atoms with van der Waals surface area (Å²) >= 11 is 0. The molecule has 0 bridgehead atoms. The normalized spacial score (nSPS) is 11.1. The van der Waals surface area contributed by atoms with Crippen LogP contribution in [0.2, 0.25) is 0 Å². The van der Waals surface area contributed by atoms with Crippen molar-refractivity contribution >= 4 is 0 Å². The molecule has 3 heteroatoms. The van der Waals surface area contributed by atoms with Gasteiger partial charge in [-0.2, -0.15) is 5.10 Å². The van der Waals surface area contributed by atoms with Gasteiger partial charge in [-0.1, -0.05) is 43.7 Å². The third kappa shape index (κ3) is 2.94. The van der Waals surface area contributed by atoms with Gasteiger partial charge in [0.15, 0.2) is 0 Å². The minimum Gasteiger partial charge on any atom is -0.310 e. The molecule has 1 aromatic heterocycles. The predicted octanol–water partition coefficient (Wildman–Crippen LogP) is 2.88. The summed E-state index contributed by atoms with van der Waals surface area (Å²) in [5.74, 6) is 0. The van der Waals surface area contributed by atoms with Gasteiger partial charge < -0.3 is 5.32 Å². The molecule has 2 aromatic rings. The first-order valence-electron chi connectivity index (χ1n) is 5.99. The number of rotatable bonds is 4. The largest absolute Gasteiger partial charge is 0.310 e. The van der Waals surface area contributed by atoms with Crippen LogP contribution in [-0.2, 0) is 6.54 Å². The number of aryl methyl sites for hydroxylation is 1. The molecule has 3 nitrogen and oxygen atoms in total. The molecule has 0 atom stereocenters. The van der Waals surface area contributed by atoms with E-state index in [2.05, 4.69) is 60.6 Å². The van der Waals surface area contributed by atoms with E-state index in [0.717, 1.165) is 12.2 Å². The highest BCUT2D eigenvalue weighted by atomic mass is 15.1. The van der Waals surface area contributed by atoms with Crippen LogP contribution in [0.5, 0.6) is 0 Å². The van der Waals surface area contributed by atoms with Crippen molar-refractivity contribution in [2.45, 2.75) is 33.4 Å². The Bertz CT molecular complexity index is 468. The number of aromatic nitrogens is 2. The molecule has 2 rings (SSSR count). The number of nitrogens with one attached hydrogen (secondary N) is 2. The van der Waals surface area contributed by atoms with E-state index in [1.54, 1.807) is 0 Å². The molecule has 90 valence electrons. The second-order valence-electron chi connectivity index (χ2n) is 4.67. The Balaban J connectivity index is 2.21. The lowest BCUT2D eigenvalue weighted by atomic mass is 10.1. The van der Waals surface area contributed by atoms with Gasteiger partial charge in [0.1, 0.15) is 0 Å². The van der Waals surface area contributed by atoms with Gasteiger partial charge in [0.2, 0.25) is 0 Å². The van der Waals surface area contributed by atoms with E-state index in [4.69, 9.17) is 0 Å². The molecular formula is C14H19N3. The Morgan fingerprint density at radius 1 is 1.24 bits per heavy atom. The smallest absolute Gasteiger partial charge is 0.0695 e. The van der Waals surface area contributed by atoms with Crippen LogP contribution in [0.4, 0.5) is 0 Å². The number of hydrogen-bond acceptors (Lipinski definition) is 2. The molecule has 2 N–H and O–H groups in total. The average Bonchev–Trinajstić information content (AvgIpc) is 2.75. The van der Waals surface area contributed by atoms with Crippen LogP contribution in [-0.4, -0.2) is 16.2 Å². The van der Waals surface area contributed by atoms with E-state index in [1.165, 1.54) is 16.7 Å². The maximum atomic E-state index is 4.13. The van der Waals surface area contributed by atoms with Gasteiger partial charge in [0, 0.05) is 18.2 Å².